The Morgan fingerprint density at radius 2 is 1.54 bits per heavy atom. The van der Waals surface area contributed by atoms with Crippen molar-refractivity contribution in [3.05, 3.63) is 36.0 Å². The standard InChI is InChI=1S/C25H36N6O7S/c26-10-4-3-6-16(27)22(34)30-19(11-14-12-28-17-7-2-1-5-15(14)17)24(36)29-18(8-9-21(32)33)23(35)31-20(13-39)25(37)38/h1-2,5,7,12,16,18-20,28,39H,3-4,6,8-11,13,26-27H2,(H,29,36)(H,30,34)(H,31,35)(H,32,33)(H,37,38). The molecule has 14 heteroatoms. The summed E-state index contributed by atoms with van der Waals surface area (Å²) in [6.45, 7) is 0.454. The molecule has 0 aliphatic carbocycles. The van der Waals surface area contributed by atoms with Crippen molar-refractivity contribution in [2.75, 3.05) is 12.3 Å². The zero-order chi connectivity index (χ0) is 28.9. The average molecular weight is 565 g/mol. The molecule has 0 aliphatic rings. The number of fused-ring (bicyclic) bond motifs is 1. The van der Waals surface area contributed by atoms with Crippen molar-refractivity contribution in [2.45, 2.75) is 62.7 Å². The van der Waals surface area contributed by atoms with Crippen LogP contribution in [0.2, 0.25) is 0 Å². The summed E-state index contributed by atoms with van der Waals surface area (Å²) in [7, 11) is 0. The molecule has 2 aromatic rings. The summed E-state index contributed by atoms with van der Waals surface area (Å²) in [5.41, 5.74) is 13.1. The van der Waals surface area contributed by atoms with E-state index in [0.717, 1.165) is 16.5 Å². The Morgan fingerprint density at radius 1 is 0.897 bits per heavy atom. The Bertz CT molecular complexity index is 1160. The maximum absolute atomic E-state index is 13.4. The molecule has 4 atom stereocenters. The van der Waals surface area contributed by atoms with Gasteiger partial charge in [0.25, 0.3) is 0 Å². The number of para-hydroxylation sites is 1. The highest BCUT2D eigenvalue weighted by Gasteiger charge is 2.31. The second-order valence-electron chi connectivity index (χ2n) is 9.09. The fourth-order valence-electron chi connectivity index (χ4n) is 3.91. The average Bonchev–Trinajstić information content (AvgIpc) is 3.31. The normalized spacial score (nSPS) is 14.1. The third-order valence-electron chi connectivity index (χ3n) is 6.11. The number of hydrogen-bond donors (Lipinski definition) is 9. The molecule has 0 saturated heterocycles. The highest BCUT2D eigenvalue weighted by Crippen LogP contribution is 2.19. The first-order valence-electron chi connectivity index (χ1n) is 12.5. The van der Waals surface area contributed by atoms with E-state index in [-0.39, 0.29) is 18.6 Å². The molecular formula is C25H36N6O7S. The van der Waals surface area contributed by atoms with Crippen LogP contribution in [-0.4, -0.2) is 81.3 Å². The van der Waals surface area contributed by atoms with Crippen molar-refractivity contribution in [1.29, 1.82) is 0 Å². The minimum atomic E-state index is -1.38. The number of aromatic nitrogens is 1. The SMILES string of the molecule is NCCCCC(N)C(=O)NC(Cc1c[nH]c2ccccc12)C(=O)NC(CCC(=O)O)C(=O)NC(CS)C(=O)O. The van der Waals surface area contributed by atoms with Crippen molar-refractivity contribution in [2.24, 2.45) is 11.5 Å². The van der Waals surface area contributed by atoms with Crippen LogP contribution < -0.4 is 27.4 Å². The fraction of sp³-hybridized carbons (Fsp3) is 0.480. The largest absolute Gasteiger partial charge is 0.481 e. The highest BCUT2D eigenvalue weighted by atomic mass is 32.1. The van der Waals surface area contributed by atoms with Crippen LogP contribution in [0.5, 0.6) is 0 Å². The molecule has 1 aromatic carbocycles. The van der Waals surface area contributed by atoms with Gasteiger partial charge in [0.15, 0.2) is 0 Å². The van der Waals surface area contributed by atoms with Crippen molar-refractivity contribution >= 4 is 53.2 Å². The zero-order valence-electron chi connectivity index (χ0n) is 21.4. The van der Waals surface area contributed by atoms with Gasteiger partial charge in [0, 0.05) is 35.7 Å². The van der Waals surface area contributed by atoms with Gasteiger partial charge < -0.3 is 42.6 Å². The van der Waals surface area contributed by atoms with Gasteiger partial charge in [0.05, 0.1) is 6.04 Å². The molecule has 1 aromatic heterocycles. The van der Waals surface area contributed by atoms with E-state index >= 15 is 0 Å². The summed E-state index contributed by atoms with van der Waals surface area (Å²) in [6.07, 6.45) is 2.63. The lowest BCUT2D eigenvalue weighted by Crippen LogP contribution is -2.57. The van der Waals surface area contributed by atoms with Crippen molar-refractivity contribution in [1.82, 2.24) is 20.9 Å². The first-order valence-corrected chi connectivity index (χ1v) is 13.2. The van der Waals surface area contributed by atoms with Gasteiger partial charge in [-0.25, -0.2) is 4.79 Å². The van der Waals surface area contributed by atoms with Gasteiger partial charge in [0.2, 0.25) is 17.7 Å². The van der Waals surface area contributed by atoms with Gasteiger partial charge in [0.1, 0.15) is 18.1 Å². The minimum Gasteiger partial charge on any atom is -0.481 e. The monoisotopic (exact) mass is 564 g/mol. The second kappa shape index (κ2) is 15.7. The number of H-pyrrole nitrogens is 1. The Kier molecular flexibility index (Phi) is 12.7. The summed E-state index contributed by atoms with van der Waals surface area (Å²) in [4.78, 5) is 64.7. The number of nitrogens with one attached hydrogen (secondary N) is 4. The second-order valence-corrected chi connectivity index (χ2v) is 9.46. The van der Waals surface area contributed by atoms with E-state index in [1.165, 1.54) is 0 Å². The van der Waals surface area contributed by atoms with Crippen molar-refractivity contribution in [3.63, 3.8) is 0 Å². The molecular weight excluding hydrogens is 528 g/mol. The predicted octanol–water partition coefficient (Wildman–Crippen LogP) is -0.500. The molecule has 0 bridgehead atoms. The Labute approximate surface area is 230 Å². The van der Waals surface area contributed by atoms with Crippen LogP contribution in [0.25, 0.3) is 10.9 Å². The topological polar surface area (TPSA) is 230 Å². The Balaban J connectivity index is 2.28. The molecule has 0 fully saturated rings. The molecule has 4 unspecified atom stereocenters. The molecule has 13 nitrogen and oxygen atoms in total. The quantitative estimate of drug-likeness (QED) is 0.0889. The molecule has 10 N–H and O–H groups in total. The highest BCUT2D eigenvalue weighted by molar-refractivity contribution is 7.80. The van der Waals surface area contributed by atoms with E-state index in [1.54, 1.807) is 6.20 Å². The lowest BCUT2D eigenvalue weighted by atomic mass is 10.0. The van der Waals surface area contributed by atoms with E-state index in [0.29, 0.717) is 25.8 Å². The number of carbonyl (C=O) groups is 5. The Morgan fingerprint density at radius 3 is 2.18 bits per heavy atom. The van der Waals surface area contributed by atoms with Crippen LogP contribution in [0, 0.1) is 0 Å². The first-order chi connectivity index (χ1) is 18.6. The third-order valence-corrected chi connectivity index (χ3v) is 6.48. The number of carboxylic acid groups (broad SMARTS) is 2. The summed E-state index contributed by atoms with van der Waals surface area (Å²) in [5.74, 6) is -4.98. The number of carbonyl (C=O) groups excluding carboxylic acids is 3. The van der Waals surface area contributed by atoms with Crippen LogP contribution in [0.4, 0.5) is 0 Å². The lowest BCUT2D eigenvalue weighted by molar-refractivity contribution is -0.142. The van der Waals surface area contributed by atoms with Crippen LogP contribution in [0.3, 0.4) is 0 Å². The number of rotatable bonds is 17. The van der Waals surface area contributed by atoms with E-state index < -0.39 is 60.2 Å². The van der Waals surface area contributed by atoms with Crippen molar-refractivity contribution < 1.29 is 34.2 Å². The van der Waals surface area contributed by atoms with E-state index in [1.807, 2.05) is 24.3 Å². The molecule has 0 radical (unpaired) electrons. The van der Waals surface area contributed by atoms with E-state index in [9.17, 15) is 29.1 Å². The number of thiol groups is 1. The van der Waals surface area contributed by atoms with Crippen LogP contribution in [0.1, 0.15) is 37.7 Å². The number of aliphatic carboxylic acids is 2. The number of amides is 3. The van der Waals surface area contributed by atoms with Crippen LogP contribution >= 0.6 is 12.6 Å². The lowest BCUT2D eigenvalue weighted by Gasteiger charge is -2.25. The van der Waals surface area contributed by atoms with Gasteiger partial charge in [-0.15, -0.1) is 0 Å². The molecule has 3 amide bonds. The number of aromatic amines is 1. The molecule has 0 aliphatic heterocycles. The number of carboxylic acids is 2. The maximum Gasteiger partial charge on any atom is 0.327 e. The van der Waals surface area contributed by atoms with Gasteiger partial charge in [-0.2, -0.15) is 12.6 Å². The minimum absolute atomic E-state index is 0.0404. The smallest absolute Gasteiger partial charge is 0.327 e. The predicted molar refractivity (Wildman–Crippen MR) is 147 cm³/mol. The molecule has 1 heterocycles. The van der Waals surface area contributed by atoms with Gasteiger partial charge in [-0.05, 0) is 37.4 Å². The third kappa shape index (κ3) is 9.89. The molecule has 0 spiro atoms. The maximum atomic E-state index is 13.4. The molecule has 0 saturated carbocycles. The number of hydrogen-bond acceptors (Lipinski definition) is 8. The molecule has 2 rings (SSSR count). The van der Waals surface area contributed by atoms with Gasteiger partial charge in [-0.1, -0.05) is 24.6 Å². The Hall–Kier alpha value is -3.62. The fourth-order valence-corrected chi connectivity index (χ4v) is 4.16. The van der Waals surface area contributed by atoms with Crippen LogP contribution in [-0.2, 0) is 30.4 Å². The summed E-state index contributed by atoms with van der Waals surface area (Å²) < 4.78 is 0. The summed E-state index contributed by atoms with van der Waals surface area (Å²) in [6, 6.07) is 2.58. The number of nitrogens with two attached hydrogens (primary N) is 2. The van der Waals surface area contributed by atoms with E-state index in [4.69, 9.17) is 16.6 Å². The summed E-state index contributed by atoms with van der Waals surface area (Å²) >= 11 is 3.90. The van der Waals surface area contributed by atoms with Gasteiger partial charge in [-0.3, -0.25) is 19.2 Å². The first kappa shape index (κ1) is 31.6. The van der Waals surface area contributed by atoms with Crippen molar-refractivity contribution in [3.8, 4) is 0 Å². The number of benzene rings is 1. The number of unbranched alkanes of at least 4 members (excludes halogenated alkanes) is 1. The molecule has 214 valence electrons. The summed E-state index contributed by atoms with van der Waals surface area (Å²) in [5, 5.41) is 26.6. The zero-order valence-corrected chi connectivity index (χ0v) is 22.3. The molecule has 39 heavy (non-hydrogen) atoms. The van der Waals surface area contributed by atoms with Crippen LogP contribution in [0.15, 0.2) is 30.5 Å². The van der Waals surface area contributed by atoms with E-state index in [2.05, 4.69) is 33.6 Å². The van der Waals surface area contributed by atoms with Gasteiger partial charge >= 0.3 is 11.9 Å².